The highest BCUT2D eigenvalue weighted by Crippen LogP contribution is 2.25. The van der Waals surface area contributed by atoms with E-state index < -0.39 is 5.97 Å². The molecule has 4 rings (SSSR count). The first-order valence-electron chi connectivity index (χ1n) is 9.07. The lowest BCUT2D eigenvalue weighted by atomic mass is 10.1. The Bertz CT molecular complexity index is 1270. The number of aromatic nitrogens is 3. The molecule has 2 aromatic carbocycles. The van der Waals surface area contributed by atoms with E-state index in [9.17, 15) is 9.59 Å². The molecule has 30 heavy (non-hydrogen) atoms. The molecule has 0 bridgehead atoms. The quantitative estimate of drug-likeness (QED) is 0.494. The lowest BCUT2D eigenvalue weighted by molar-refractivity contribution is 0.0600. The standard InChI is InChI=1S/C22H17ClN4O3/c1-13-3-4-15(11-17(13)23)19-9-10-24-20-12-18(26-27(19)20)21(28)25-16-7-5-14(6-8-16)22(29)30-2/h3-12H,1-2H3,(H,25,28). The molecule has 1 N–H and O–H groups in total. The van der Waals surface area contributed by atoms with Gasteiger partial charge in [-0.3, -0.25) is 4.79 Å². The number of nitrogens with one attached hydrogen (secondary N) is 1. The summed E-state index contributed by atoms with van der Waals surface area (Å²) in [4.78, 5) is 28.5. The van der Waals surface area contributed by atoms with E-state index in [1.807, 2.05) is 31.2 Å². The summed E-state index contributed by atoms with van der Waals surface area (Å²) < 4.78 is 6.27. The van der Waals surface area contributed by atoms with Gasteiger partial charge in [0.15, 0.2) is 11.3 Å². The Morgan fingerprint density at radius 1 is 1.07 bits per heavy atom. The molecule has 1 amide bonds. The molecule has 0 saturated carbocycles. The molecule has 0 spiro atoms. The van der Waals surface area contributed by atoms with Crippen LogP contribution in [0.15, 0.2) is 60.8 Å². The van der Waals surface area contributed by atoms with Crippen LogP contribution < -0.4 is 5.32 Å². The number of hydrogen-bond acceptors (Lipinski definition) is 5. The van der Waals surface area contributed by atoms with E-state index in [-0.39, 0.29) is 11.6 Å². The largest absolute Gasteiger partial charge is 0.465 e. The second kappa shape index (κ2) is 7.96. The predicted molar refractivity (Wildman–Crippen MR) is 114 cm³/mol. The van der Waals surface area contributed by atoms with Gasteiger partial charge < -0.3 is 10.1 Å². The zero-order valence-electron chi connectivity index (χ0n) is 16.2. The normalized spacial score (nSPS) is 10.8. The van der Waals surface area contributed by atoms with Crippen LogP contribution in [0.25, 0.3) is 16.9 Å². The number of esters is 1. The van der Waals surface area contributed by atoms with Gasteiger partial charge in [-0.1, -0.05) is 23.7 Å². The molecule has 0 fully saturated rings. The highest BCUT2D eigenvalue weighted by atomic mass is 35.5. The van der Waals surface area contributed by atoms with Gasteiger partial charge in [-0.2, -0.15) is 5.10 Å². The summed E-state index contributed by atoms with van der Waals surface area (Å²) in [5.74, 6) is -0.831. The Morgan fingerprint density at radius 2 is 1.83 bits per heavy atom. The summed E-state index contributed by atoms with van der Waals surface area (Å²) in [5, 5.41) is 7.84. The van der Waals surface area contributed by atoms with Crippen LogP contribution in [-0.4, -0.2) is 33.6 Å². The maximum absolute atomic E-state index is 12.7. The van der Waals surface area contributed by atoms with Gasteiger partial charge in [-0.05, 0) is 48.9 Å². The molecule has 0 aliphatic carbocycles. The van der Waals surface area contributed by atoms with Crippen LogP contribution >= 0.6 is 11.6 Å². The fraction of sp³-hybridized carbons (Fsp3) is 0.0909. The maximum atomic E-state index is 12.7. The second-order valence-corrected chi connectivity index (χ2v) is 7.02. The van der Waals surface area contributed by atoms with Gasteiger partial charge in [0.05, 0.1) is 18.4 Å². The van der Waals surface area contributed by atoms with E-state index >= 15 is 0 Å². The van der Waals surface area contributed by atoms with Crippen molar-refractivity contribution in [2.75, 3.05) is 12.4 Å². The zero-order valence-corrected chi connectivity index (χ0v) is 17.0. The molecular weight excluding hydrogens is 404 g/mol. The molecule has 0 saturated heterocycles. The maximum Gasteiger partial charge on any atom is 0.337 e. The summed E-state index contributed by atoms with van der Waals surface area (Å²) in [5.41, 5.74) is 4.29. The van der Waals surface area contributed by atoms with Gasteiger partial charge in [0.1, 0.15) is 0 Å². The summed E-state index contributed by atoms with van der Waals surface area (Å²) in [6.07, 6.45) is 1.66. The number of carbonyl (C=O) groups excluding carboxylic acids is 2. The smallest absolute Gasteiger partial charge is 0.337 e. The van der Waals surface area contributed by atoms with E-state index in [4.69, 9.17) is 11.6 Å². The van der Waals surface area contributed by atoms with Crippen molar-refractivity contribution in [3.8, 4) is 11.3 Å². The van der Waals surface area contributed by atoms with Gasteiger partial charge in [0.25, 0.3) is 5.91 Å². The number of anilines is 1. The Hall–Kier alpha value is -3.71. The van der Waals surface area contributed by atoms with Crippen LogP contribution in [-0.2, 0) is 4.74 Å². The topological polar surface area (TPSA) is 85.6 Å². The van der Waals surface area contributed by atoms with Crippen molar-refractivity contribution in [3.63, 3.8) is 0 Å². The van der Waals surface area contributed by atoms with Crippen LogP contribution in [0.5, 0.6) is 0 Å². The van der Waals surface area contributed by atoms with Crippen LogP contribution in [0.1, 0.15) is 26.4 Å². The third kappa shape index (κ3) is 3.75. The number of fused-ring (bicyclic) bond motifs is 1. The molecule has 2 heterocycles. The van der Waals surface area contributed by atoms with Crippen molar-refractivity contribution in [2.45, 2.75) is 6.92 Å². The third-order valence-electron chi connectivity index (χ3n) is 4.62. The number of benzene rings is 2. The highest BCUT2D eigenvalue weighted by Gasteiger charge is 2.15. The Kier molecular flexibility index (Phi) is 5.20. The third-order valence-corrected chi connectivity index (χ3v) is 5.03. The summed E-state index contributed by atoms with van der Waals surface area (Å²) in [6.45, 7) is 1.93. The number of ether oxygens (including phenoxy) is 1. The SMILES string of the molecule is COC(=O)c1ccc(NC(=O)c2cc3nccc(-c4ccc(C)c(Cl)c4)n3n2)cc1. The van der Waals surface area contributed by atoms with Crippen molar-refractivity contribution < 1.29 is 14.3 Å². The number of halogens is 1. The van der Waals surface area contributed by atoms with E-state index in [1.54, 1.807) is 41.0 Å². The van der Waals surface area contributed by atoms with Gasteiger partial charge in [0, 0.05) is 28.5 Å². The number of carbonyl (C=O) groups is 2. The van der Waals surface area contributed by atoms with Gasteiger partial charge in [0.2, 0.25) is 0 Å². The van der Waals surface area contributed by atoms with Gasteiger partial charge in [-0.25, -0.2) is 14.3 Å². The van der Waals surface area contributed by atoms with Crippen molar-refractivity contribution in [3.05, 3.63) is 82.6 Å². The molecule has 4 aromatic rings. The second-order valence-electron chi connectivity index (χ2n) is 6.62. The summed E-state index contributed by atoms with van der Waals surface area (Å²) in [7, 11) is 1.31. The van der Waals surface area contributed by atoms with E-state index in [2.05, 4.69) is 20.1 Å². The van der Waals surface area contributed by atoms with Crippen LogP contribution in [0.4, 0.5) is 5.69 Å². The average Bonchev–Trinajstić information content (AvgIpc) is 3.20. The monoisotopic (exact) mass is 420 g/mol. The Labute approximate surface area is 177 Å². The van der Waals surface area contributed by atoms with Crippen LogP contribution in [0, 0.1) is 6.92 Å². The molecule has 150 valence electrons. The first kappa shape index (κ1) is 19.6. The fourth-order valence-corrected chi connectivity index (χ4v) is 3.16. The minimum atomic E-state index is -0.442. The Morgan fingerprint density at radius 3 is 2.53 bits per heavy atom. The molecule has 0 radical (unpaired) electrons. The molecule has 2 aromatic heterocycles. The first-order valence-corrected chi connectivity index (χ1v) is 9.45. The van der Waals surface area contributed by atoms with Gasteiger partial charge in [-0.15, -0.1) is 0 Å². The number of hydrogen-bond donors (Lipinski definition) is 1. The summed E-state index contributed by atoms with van der Waals surface area (Å²) >= 11 is 6.26. The molecule has 0 aliphatic rings. The fourth-order valence-electron chi connectivity index (χ4n) is 2.98. The van der Waals surface area contributed by atoms with Gasteiger partial charge >= 0.3 is 5.97 Å². The van der Waals surface area contributed by atoms with Crippen molar-refractivity contribution >= 4 is 34.8 Å². The van der Waals surface area contributed by atoms with Crippen LogP contribution in [0.2, 0.25) is 5.02 Å². The summed E-state index contributed by atoms with van der Waals surface area (Å²) in [6, 6.07) is 15.6. The predicted octanol–water partition coefficient (Wildman–Crippen LogP) is 4.40. The minimum absolute atomic E-state index is 0.213. The minimum Gasteiger partial charge on any atom is -0.465 e. The van der Waals surface area contributed by atoms with E-state index in [0.29, 0.717) is 21.9 Å². The highest BCUT2D eigenvalue weighted by molar-refractivity contribution is 6.31. The number of aryl methyl sites for hydroxylation is 1. The first-order chi connectivity index (χ1) is 14.5. The molecule has 0 aliphatic heterocycles. The van der Waals surface area contributed by atoms with Crippen molar-refractivity contribution in [1.29, 1.82) is 0 Å². The van der Waals surface area contributed by atoms with Crippen molar-refractivity contribution in [2.24, 2.45) is 0 Å². The number of nitrogens with zero attached hydrogens (tertiary/aromatic N) is 3. The van der Waals surface area contributed by atoms with E-state index in [0.717, 1.165) is 16.8 Å². The lowest BCUT2D eigenvalue weighted by Gasteiger charge is -2.06. The molecule has 0 atom stereocenters. The molecule has 0 unspecified atom stereocenters. The number of rotatable bonds is 4. The average molecular weight is 421 g/mol. The molecule has 8 heteroatoms. The van der Waals surface area contributed by atoms with Crippen LogP contribution in [0.3, 0.4) is 0 Å². The molecule has 7 nitrogen and oxygen atoms in total. The molecular formula is C22H17ClN4O3. The lowest BCUT2D eigenvalue weighted by Crippen LogP contribution is -2.13. The number of methoxy groups -OCH3 is 1. The zero-order chi connectivity index (χ0) is 21.3. The Balaban J connectivity index is 1.62. The number of amides is 1. The van der Waals surface area contributed by atoms with Crippen molar-refractivity contribution in [1.82, 2.24) is 14.6 Å². The van der Waals surface area contributed by atoms with E-state index in [1.165, 1.54) is 7.11 Å².